The molecule has 3 N–H and O–H groups in total. The highest BCUT2D eigenvalue weighted by atomic mass is 15.1. The van der Waals surface area contributed by atoms with Crippen LogP contribution in [0.4, 0.5) is 5.95 Å². The Bertz CT molecular complexity index is 548. The number of nitrogens with two attached hydrogens (primary N) is 1. The molecular formula is C19H34N4. The number of nitrogens with zero attached hydrogens (tertiary/aromatic N) is 2. The third-order valence-corrected chi connectivity index (χ3v) is 3.75. The summed E-state index contributed by atoms with van der Waals surface area (Å²) in [7, 11) is 1.50. The van der Waals surface area contributed by atoms with Crippen LogP contribution in [0.25, 0.3) is 10.9 Å². The molecule has 1 aromatic carbocycles. The standard InChI is InChI=1S/C15H19N3.C2H6.CH5N.CH4/c1-11-6-5-7-12-10-16-15(18-14(11)12)17-13-8-3-2-4-9-13;2*1-2;/h5-7,10,13H,2-4,8-9H2,1H3,(H,16,17,18);1-2H3;2H2,1H3;1H4. The zero-order valence-corrected chi connectivity index (χ0v) is 14.4. The van der Waals surface area contributed by atoms with E-state index in [-0.39, 0.29) is 7.43 Å². The molecule has 0 radical (unpaired) electrons. The molecule has 1 aromatic heterocycles. The maximum absolute atomic E-state index is 4.65. The van der Waals surface area contributed by atoms with E-state index in [1.165, 1.54) is 44.7 Å². The van der Waals surface area contributed by atoms with Crippen LogP contribution in [0.3, 0.4) is 0 Å². The predicted molar refractivity (Wildman–Crippen MR) is 103 cm³/mol. The largest absolute Gasteiger partial charge is 0.351 e. The first-order chi connectivity index (χ1) is 10.8. The highest BCUT2D eigenvalue weighted by Crippen LogP contribution is 2.21. The van der Waals surface area contributed by atoms with Gasteiger partial charge in [0.1, 0.15) is 0 Å². The summed E-state index contributed by atoms with van der Waals surface area (Å²) >= 11 is 0. The number of fused-ring (bicyclic) bond motifs is 1. The summed E-state index contributed by atoms with van der Waals surface area (Å²) < 4.78 is 0. The molecule has 0 atom stereocenters. The number of anilines is 1. The summed E-state index contributed by atoms with van der Waals surface area (Å²) in [5, 5.41) is 4.59. The van der Waals surface area contributed by atoms with Crippen LogP contribution < -0.4 is 11.1 Å². The fourth-order valence-corrected chi connectivity index (χ4v) is 2.70. The molecule has 0 unspecified atom stereocenters. The Morgan fingerprint density at radius 3 is 2.39 bits per heavy atom. The third kappa shape index (κ3) is 6.14. The zero-order valence-electron chi connectivity index (χ0n) is 14.4. The summed E-state index contributed by atoms with van der Waals surface area (Å²) in [5.74, 6) is 0.781. The molecule has 1 heterocycles. The van der Waals surface area contributed by atoms with Gasteiger partial charge in [-0.2, -0.15) is 0 Å². The van der Waals surface area contributed by atoms with Gasteiger partial charge in [0.05, 0.1) is 5.52 Å². The molecule has 3 rings (SSSR count). The van der Waals surface area contributed by atoms with E-state index >= 15 is 0 Å². The van der Waals surface area contributed by atoms with E-state index in [2.05, 4.69) is 46.1 Å². The first kappa shape index (κ1) is 21.3. The van der Waals surface area contributed by atoms with Crippen molar-refractivity contribution in [2.24, 2.45) is 5.73 Å². The minimum atomic E-state index is 0. The molecule has 4 nitrogen and oxygen atoms in total. The third-order valence-electron chi connectivity index (χ3n) is 3.75. The molecule has 2 aromatic rings. The predicted octanol–water partition coefficient (Wildman–Crippen LogP) is 4.92. The van der Waals surface area contributed by atoms with Gasteiger partial charge in [0.2, 0.25) is 5.95 Å². The maximum Gasteiger partial charge on any atom is 0.223 e. The summed E-state index contributed by atoms with van der Waals surface area (Å²) in [5.41, 5.74) is 6.77. The van der Waals surface area contributed by atoms with Crippen LogP contribution in [0.5, 0.6) is 0 Å². The van der Waals surface area contributed by atoms with Gasteiger partial charge in [-0.05, 0) is 32.4 Å². The fraction of sp³-hybridized carbons (Fsp3) is 0.579. The van der Waals surface area contributed by atoms with Gasteiger partial charge in [-0.25, -0.2) is 9.97 Å². The summed E-state index contributed by atoms with van der Waals surface area (Å²) in [6.45, 7) is 6.10. The highest BCUT2D eigenvalue weighted by Gasteiger charge is 2.14. The van der Waals surface area contributed by atoms with Crippen molar-refractivity contribution in [3.05, 3.63) is 30.0 Å². The van der Waals surface area contributed by atoms with Crippen LogP contribution in [0, 0.1) is 6.92 Å². The van der Waals surface area contributed by atoms with Crippen molar-refractivity contribution in [2.75, 3.05) is 12.4 Å². The fourth-order valence-electron chi connectivity index (χ4n) is 2.70. The van der Waals surface area contributed by atoms with Gasteiger partial charge >= 0.3 is 0 Å². The number of aromatic nitrogens is 2. The van der Waals surface area contributed by atoms with E-state index < -0.39 is 0 Å². The second kappa shape index (κ2) is 11.8. The minimum absolute atomic E-state index is 0. The summed E-state index contributed by atoms with van der Waals surface area (Å²) in [4.78, 5) is 9.07. The van der Waals surface area contributed by atoms with Gasteiger partial charge in [0.15, 0.2) is 0 Å². The Kier molecular flexibility index (Phi) is 11.0. The van der Waals surface area contributed by atoms with Crippen molar-refractivity contribution in [1.29, 1.82) is 0 Å². The Morgan fingerprint density at radius 2 is 1.74 bits per heavy atom. The molecule has 1 fully saturated rings. The van der Waals surface area contributed by atoms with Gasteiger partial charge in [0.25, 0.3) is 0 Å². The van der Waals surface area contributed by atoms with E-state index in [0.717, 1.165) is 16.9 Å². The Morgan fingerprint density at radius 1 is 1.09 bits per heavy atom. The van der Waals surface area contributed by atoms with Gasteiger partial charge < -0.3 is 11.1 Å². The molecule has 0 aliphatic heterocycles. The lowest BCUT2D eigenvalue weighted by Crippen LogP contribution is -2.23. The maximum atomic E-state index is 4.65. The molecule has 1 saturated carbocycles. The number of rotatable bonds is 2. The van der Waals surface area contributed by atoms with E-state index in [4.69, 9.17) is 0 Å². The van der Waals surface area contributed by atoms with E-state index in [0.29, 0.717) is 6.04 Å². The summed E-state index contributed by atoms with van der Waals surface area (Å²) in [6, 6.07) is 6.77. The number of benzene rings is 1. The van der Waals surface area contributed by atoms with Crippen molar-refractivity contribution >= 4 is 16.9 Å². The SMILES string of the molecule is C.CC.CN.Cc1cccc2cnc(NC3CCCCC3)nc12. The molecule has 0 saturated heterocycles. The number of hydrogen-bond acceptors (Lipinski definition) is 4. The van der Waals surface area contributed by atoms with Gasteiger partial charge in [-0.3, -0.25) is 0 Å². The van der Waals surface area contributed by atoms with Crippen molar-refractivity contribution in [1.82, 2.24) is 9.97 Å². The van der Waals surface area contributed by atoms with E-state index in [9.17, 15) is 0 Å². The zero-order chi connectivity index (χ0) is 16.4. The Balaban J connectivity index is 0.000000901. The van der Waals surface area contributed by atoms with Gasteiger partial charge in [-0.1, -0.05) is 58.7 Å². The molecular weight excluding hydrogens is 284 g/mol. The monoisotopic (exact) mass is 318 g/mol. The quantitative estimate of drug-likeness (QED) is 0.825. The van der Waals surface area contributed by atoms with Crippen molar-refractivity contribution in [3.8, 4) is 0 Å². The molecule has 130 valence electrons. The molecule has 0 spiro atoms. The van der Waals surface area contributed by atoms with Gasteiger partial charge in [-0.15, -0.1) is 0 Å². The van der Waals surface area contributed by atoms with E-state index in [1.54, 1.807) is 0 Å². The molecule has 0 bridgehead atoms. The van der Waals surface area contributed by atoms with Crippen LogP contribution in [0.2, 0.25) is 0 Å². The second-order valence-electron chi connectivity index (χ2n) is 5.19. The smallest absolute Gasteiger partial charge is 0.223 e. The van der Waals surface area contributed by atoms with Crippen LogP contribution >= 0.6 is 0 Å². The average molecular weight is 319 g/mol. The number of nitrogens with one attached hydrogen (secondary N) is 1. The number of para-hydroxylation sites is 1. The number of aryl methyl sites for hydroxylation is 1. The minimum Gasteiger partial charge on any atom is -0.351 e. The molecule has 23 heavy (non-hydrogen) atoms. The van der Waals surface area contributed by atoms with E-state index in [1.807, 2.05) is 20.0 Å². The summed E-state index contributed by atoms with van der Waals surface area (Å²) in [6.07, 6.45) is 8.43. The molecule has 1 aliphatic carbocycles. The van der Waals surface area contributed by atoms with Gasteiger partial charge in [0, 0.05) is 17.6 Å². The normalized spacial score (nSPS) is 13.8. The first-order valence-electron chi connectivity index (χ1n) is 8.39. The Hall–Kier alpha value is -1.68. The number of hydrogen-bond donors (Lipinski definition) is 2. The second-order valence-corrected chi connectivity index (χ2v) is 5.19. The lowest BCUT2D eigenvalue weighted by atomic mass is 9.96. The molecule has 1 aliphatic rings. The first-order valence-corrected chi connectivity index (χ1v) is 8.39. The topological polar surface area (TPSA) is 63.8 Å². The van der Waals surface area contributed by atoms with Crippen molar-refractivity contribution in [3.63, 3.8) is 0 Å². The lowest BCUT2D eigenvalue weighted by molar-refractivity contribution is 0.461. The highest BCUT2D eigenvalue weighted by molar-refractivity contribution is 5.81. The molecule has 0 amide bonds. The van der Waals surface area contributed by atoms with Crippen molar-refractivity contribution < 1.29 is 0 Å². The molecule has 4 heteroatoms. The van der Waals surface area contributed by atoms with Crippen LogP contribution in [-0.2, 0) is 0 Å². The Labute approximate surface area is 141 Å². The van der Waals surface area contributed by atoms with Crippen LogP contribution in [-0.4, -0.2) is 23.1 Å². The van der Waals surface area contributed by atoms with Crippen LogP contribution in [0.15, 0.2) is 24.4 Å². The van der Waals surface area contributed by atoms with Crippen molar-refractivity contribution in [2.45, 2.75) is 66.3 Å². The van der Waals surface area contributed by atoms with Crippen LogP contribution in [0.1, 0.15) is 58.9 Å². The lowest BCUT2D eigenvalue weighted by Gasteiger charge is -2.22. The average Bonchev–Trinajstić information content (AvgIpc) is 2.60.